The number of ether oxygens (including phenoxy) is 3. The molecule has 0 saturated carbocycles. The summed E-state index contributed by atoms with van der Waals surface area (Å²) in [6, 6.07) is 14.7. The van der Waals surface area contributed by atoms with E-state index in [9.17, 15) is 9.59 Å². The van der Waals surface area contributed by atoms with Gasteiger partial charge in [-0.15, -0.1) is 0 Å². The Morgan fingerprint density at radius 1 is 1.03 bits per heavy atom. The molecule has 2 aromatic carbocycles. The second kappa shape index (κ2) is 10.1. The van der Waals surface area contributed by atoms with Crippen LogP contribution in [0.5, 0.6) is 11.5 Å². The highest BCUT2D eigenvalue weighted by molar-refractivity contribution is 5.95. The van der Waals surface area contributed by atoms with Crippen LogP contribution in [0.2, 0.25) is 0 Å². The van der Waals surface area contributed by atoms with Crippen LogP contribution < -0.4 is 14.8 Å². The Hall–Kier alpha value is -3.06. The van der Waals surface area contributed by atoms with Gasteiger partial charge in [0.25, 0.3) is 5.91 Å². The highest BCUT2D eigenvalue weighted by Gasteiger charge is 2.41. The van der Waals surface area contributed by atoms with Gasteiger partial charge in [-0.3, -0.25) is 9.59 Å². The molecule has 1 N–H and O–H groups in total. The summed E-state index contributed by atoms with van der Waals surface area (Å²) in [5.41, 5.74) is 1.49. The number of hydrogen-bond acceptors (Lipinski definition) is 5. The number of rotatable bonds is 8. The van der Waals surface area contributed by atoms with E-state index in [1.165, 1.54) is 0 Å². The lowest BCUT2D eigenvalue weighted by Gasteiger charge is -2.21. The maximum Gasteiger partial charge on any atom is 0.253 e. The minimum absolute atomic E-state index is 0.0831. The van der Waals surface area contributed by atoms with E-state index < -0.39 is 5.92 Å². The van der Waals surface area contributed by atoms with Gasteiger partial charge in [-0.1, -0.05) is 24.3 Å². The molecule has 2 amide bonds. The van der Waals surface area contributed by atoms with Gasteiger partial charge in [0.2, 0.25) is 5.91 Å². The van der Waals surface area contributed by atoms with Gasteiger partial charge in [-0.05, 0) is 18.2 Å². The fourth-order valence-electron chi connectivity index (χ4n) is 3.85. The molecular weight excluding hydrogens is 384 g/mol. The third-order valence-electron chi connectivity index (χ3n) is 5.41. The Bertz CT molecular complexity index is 871. The number of nitrogens with one attached hydrogen (secondary N) is 1. The van der Waals surface area contributed by atoms with Crippen LogP contribution in [-0.2, 0) is 9.53 Å². The van der Waals surface area contributed by atoms with Gasteiger partial charge in [0.1, 0.15) is 11.5 Å². The molecule has 2 atom stereocenters. The SMILES string of the molecule is COCCNC(=O)[C@@H]1CN(C(=O)c2ccccc2)C[C@H]1c1ccc(OC)cc1OC. The van der Waals surface area contributed by atoms with Gasteiger partial charge < -0.3 is 24.4 Å². The maximum atomic E-state index is 13.0. The van der Waals surface area contributed by atoms with E-state index in [1.54, 1.807) is 44.4 Å². The molecule has 1 heterocycles. The normalized spacial score (nSPS) is 18.2. The zero-order chi connectivity index (χ0) is 21.5. The molecule has 1 fully saturated rings. The summed E-state index contributed by atoms with van der Waals surface area (Å²) in [7, 11) is 4.77. The third-order valence-corrected chi connectivity index (χ3v) is 5.41. The predicted molar refractivity (Wildman–Crippen MR) is 113 cm³/mol. The number of carbonyl (C=O) groups is 2. The standard InChI is InChI=1S/C23H28N2O5/c1-28-12-11-24-22(26)20-15-25(23(27)16-7-5-4-6-8-16)14-19(20)18-10-9-17(29-2)13-21(18)30-3/h4-10,13,19-20H,11-12,14-15H2,1-3H3,(H,24,26)/t19-,20+/m0/s1. The smallest absolute Gasteiger partial charge is 0.253 e. The Balaban J connectivity index is 1.89. The molecule has 1 aliphatic heterocycles. The van der Waals surface area contributed by atoms with E-state index in [4.69, 9.17) is 14.2 Å². The highest BCUT2D eigenvalue weighted by Crippen LogP contribution is 2.39. The quantitative estimate of drug-likeness (QED) is 0.674. The van der Waals surface area contributed by atoms with Crippen LogP contribution in [-0.4, -0.2) is 64.3 Å². The van der Waals surface area contributed by atoms with E-state index in [1.807, 2.05) is 30.3 Å². The molecule has 0 bridgehead atoms. The molecule has 1 saturated heterocycles. The fourth-order valence-corrected chi connectivity index (χ4v) is 3.85. The van der Waals surface area contributed by atoms with Gasteiger partial charge in [0.15, 0.2) is 0 Å². The van der Waals surface area contributed by atoms with E-state index in [-0.39, 0.29) is 17.7 Å². The lowest BCUT2D eigenvalue weighted by atomic mass is 9.87. The summed E-state index contributed by atoms with van der Waals surface area (Å²) < 4.78 is 15.9. The number of carbonyl (C=O) groups excluding carboxylic acids is 2. The van der Waals surface area contributed by atoms with Crippen molar-refractivity contribution in [3.63, 3.8) is 0 Å². The van der Waals surface area contributed by atoms with Crippen molar-refractivity contribution in [3.8, 4) is 11.5 Å². The van der Waals surface area contributed by atoms with Gasteiger partial charge in [-0.2, -0.15) is 0 Å². The highest BCUT2D eigenvalue weighted by atomic mass is 16.5. The van der Waals surface area contributed by atoms with Crippen molar-refractivity contribution in [1.29, 1.82) is 0 Å². The Morgan fingerprint density at radius 3 is 2.47 bits per heavy atom. The molecule has 0 aromatic heterocycles. The predicted octanol–water partition coefficient (Wildman–Crippen LogP) is 2.32. The summed E-state index contributed by atoms with van der Waals surface area (Å²) >= 11 is 0. The molecule has 0 unspecified atom stereocenters. The molecule has 0 aliphatic carbocycles. The average molecular weight is 412 g/mol. The monoisotopic (exact) mass is 412 g/mol. The van der Waals surface area contributed by atoms with Crippen molar-refractivity contribution in [1.82, 2.24) is 10.2 Å². The van der Waals surface area contributed by atoms with E-state index in [0.29, 0.717) is 43.3 Å². The van der Waals surface area contributed by atoms with E-state index in [2.05, 4.69) is 5.32 Å². The second-order valence-electron chi connectivity index (χ2n) is 7.18. The number of benzene rings is 2. The van der Waals surface area contributed by atoms with Gasteiger partial charge in [0, 0.05) is 49.9 Å². The summed E-state index contributed by atoms with van der Waals surface area (Å²) in [5, 5.41) is 2.92. The van der Waals surface area contributed by atoms with Crippen molar-refractivity contribution < 1.29 is 23.8 Å². The average Bonchev–Trinajstić information content (AvgIpc) is 3.24. The molecule has 7 nitrogen and oxygen atoms in total. The van der Waals surface area contributed by atoms with Crippen molar-refractivity contribution in [2.75, 3.05) is 47.6 Å². The first-order chi connectivity index (χ1) is 14.6. The van der Waals surface area contributed by atoms with E-state index in [0.717, 1.165) is 5.56 Å². The zero-order valence-corrected chi connectivity index (χ0v) is 17.6. The Kier molecular flexibility index (Phi) is 7.30. The van der Waals surface area contributed by atoms with Crippen LogP contribution in [0.15, 0.2) is 48.5 Å². The lowest BCUT2D eigenvalue weighted by molar-refractivity contribution is -0.125. The van der Waals surface area contributed by atoms with Crippen LogP contribution in [0.25, 0.3) is 0 Å². The molecule has 1 aliphatic rings. The summed E-state index contributed by atoms with van der Waals surface area (Å²) in [6.07, 6.45) is 0. The Labute approximate surface area is 176 Å². The van der Waals surface area contributed by atoms with Crippen LogP contribution in [0.1, 0.15) is 21.8 Å². The summed E-state index contributed by atoms with van der Waals surface area (Å²) in [4.78, 5) is 27.7. The van der Waals surface area contributed by atoms with Crippen LogP contribution in [0.4, 0.5) is 0 Å². The Morgan fingerprint density at radius 2 is 1.80 bits per heavy atom. The van der Waals surface area contributed by atoms with Crippen LogP contribution in [0, 0.1) is 5.92 Å². The van der Waals surface area contributed by atoms with Crippen molar-refractivity contribution in [3.05, 3.63) is 59.7 Å². The molecular formula is C23H28N2O5. The molecule has 7 heteroatoms. The molecule has 30 heavy (non-hydrogen) atoms. The first kappa shape index (κ1) is 21.6. The first-order valence-corrected chi connectivity index (χ1v) is 9.92. The van der Waals surface area contributed by atoms with Crippen LogP contribution in [0.3, 0.4) is 0 Å². The van der Waals surface area contributed by atoms with Crippen molar-refractivity contribution >= 4 is 11.8 Å². The zero-order valence-electron chi connectivity index (χ0n) is 17.6. The molecule has 0 spiro atoms. The number of methoxy groups -OCH3 is 3. The molecule has 0 radical (unpaired) electrons. The first-order valence-electron chi connectivity index (χ1n) is 9.92. The fraction of sp³-hybridized carbons (Fsp3) is 0.391. The lowest BCUT2D eigenvalue weighted by Crippen LogP contribution is -2.37. The van der Waals surface area contributed by atoms with Gasteiger partial charge in [0.05, 0.1) is 26.7 Å². The largest absolute Gasteiger partial charge is 0.497 e. The number of hydrogen-bond donors (Lipinski definition) is 1. The molecule has 3 rings (SSSR count). The molecule has 2 aromatic rings. The third kappa shape index (κ3) is 4.74. The minimum Gasteiger partial charge on any atom is -0.497 e. The van der Waals surface area contributed by atoms with Crippen molar-refractivity contribution in [2.24, 2.45) is 5.92 Å². The minimum atomic E-state index is -0.392. The topological polar surface area (TPSA) is 77.1 Å². The van der Waals surface area contributed by atoms with Crippen LogP contribution >= 0.6 is 0 Å². The number of amides is 2. The molecule has 160 valence electrons. The number of likely N-dealkylation sites (tertiary alicyclic amines) is 1. The van der Waals surface area contributed by atoms with Gasteiger partial charge in [-0.25, -0.2) is 0 Å². The second-order valence-corrected chi connectivity index (χ2v) is 7.18. The number of nitrogens with zero attached hydrogens (tertiary/aromatic N) is 1. The summed E-state index contributed by atoms with van der Waals surface area (Å²) in [5.74, 6) is 0.548. The van der Waals surface area contributed by atoms with Crippen molar-refractivity contribution in [2.45, 2.75) is 5.92 Å². The summed E-state index contributed by atoms with van der Waals surface area (Å²) in [6.45, 7) is 1.62. The maximum absolute atomic E-state index is 13.0. The van der Waals surface area contributed by atoms with Gasteiger partial charge >= 0.3 is 0 Å². The van der Waals surface area contributed by atoms with E-state index >= 15 is 0 Å².